The van der Waals surface area contributed by atoms with E-state index in [2.05, 4.69) is 111 Å². The minimum atomic E-state index is -1.29. The normalized spacial score (nSPS) is 12.0. The number of para-hydroxylation sites is 1. The van der Waals surface area contributed by atoms with Gasteiger partial charge in [0.05, 0.1) is 13.8 Å². The molecule has 39 heavy (non-hydrogen) atoms. The molecule has 188 valence electrons. The third kappa shape index (κ3) is 4.35. The summed E-state index contributed by atoms with van der Waals surface area (Å²) in [5.41, 5.74) is 8.67. The van der Waals surface area contributed by atoms with E-state index < -0.39 is 8.07 Å². The minimum absolute atomic E-state index is 0.902. The number of aromatic nitrogens is 1. The van der Waals surface area contributed by atoms with Gasteiger partial charge in [0.15, 0.2) is 0 Å². The lowest BCUT2D eigenvalue weighted by atomic mass is 9.98. The van der Waals surface area contributed by atoms with Crippen LogP contribution in [0.2, 0.25) is 19.6 Å². The lowest BCUT2D eigenvalue weighted by Crippen LogP contribution is -2.37. The molecule has 2 nitrogen and oxygen atoms in total. The van der Waals surface area contributed by atoms with Gasteiger partial charge in [-0.15, -0.1) is 0 Å². The zero-order chi connectivity index (χ0) is 26.6. The number of pyridine rings is 1. The van der Waals surface area contributed by atoms with Crippen molar-refractivity contribution >= 4 is 46.0 Å². The summed E-state index contributed by atoms with van der Waals surface area (Å²) in [5, 5.41) is 6.22. The molecule has 0 saturated heterocycles. The Labute approximate surface area is 229 Å². The van der Waals surface area contributed by atoms with E-state index in [1.54, 1.807) is 0 Å². The maximum atomic E-state index is 5.99. The molecule has 0 N–H and O–H groups in total. The predicted octanol–water partition coefficient (Wildman–Crippen LogP) is 9.68. The average molecular weight is 520 g/mol. The monoisotopic (exact) mass is 519 g/mol. The van der Waals surface area contributed by atoms with E-state index in [0.717, 1.165) is 38.8 Å². The van der Waals surface area contributed by atoms with E-state index in [9.17, 15) is 0 Å². The summed E-state index contributed by atoms with van der Waals surface area (Å²) in [6.45, 7) is 7.17. The highest BCUT2D eigenvalue weighted by molar-refractivity contribution is 6.88. The van der Waals surface area contributed by atoms with E-state index in [1.807, 2.05) is 30.5 Å². The first kappa shape index (κ1) is 23.6. The van der Waals surface area contributed by atoms with Crippen molar-refractivity contribution in [2.24, 2.45) is 0 Å². The van der Waals surface area contributed by atoms with Gasteiger partial charge in [-0.1, -0.05) is 97.6 Å². The fourth-order valence-corrected chi connectivity index (χ4v) is 6.55. The second kappa shape index (κ2) is 9.07. The Hall–Kier alpha value is -4.47. The summed E-state index contributed by atoms with van der Waals surface area (Å²) in [6, 6.07) is 41.3. The molecule has 2 aromatic heterocycles. The number of hydrogen-bond donors (Lipinski definition) is 0. The van der Waals surface area contributed by atoms with Crippen LogP contribution in [0.3, 0.4) is 0 Å². The van der Waals surface area contributed by atoms with Crippen LogP contribution in [0.1, 0.15) is 0 Å². The van der Waals surface area contributed by atoms with Gasteiger partial charge in [0.25, 0.3) is 0 Å². The molecule has 2 heterocycles. The van der Waals surface area contributed by atoms with E-state index in [1.165, 1.54) is 32.6 Å². The van der Waals surface area contributed by atoms with E-state index in [-0.39, 0.29) is 0 Å². The molecular weight excluding hydrogens is 490 g/mol. The summed E-state index contributed by atoms with van der Waals surface area (Å²) in [5.74, 6) is 0. The topological polar surface area (TPSA) is 26.0 Å². The summed E-state index contributed by atoms with van der Waals surface area (Å²) in [4.78, 5) is 4.83. The average Bonchev–Trinajstić information content (AvgIpc) is 3.34. The van der Waals surface area contributed by atoms with Gasteiger partial charge < -0.3 is 4.42 Å². The second-order valence-electron chi connectivity index (χ2n) is 11.3. The van der Waals surface area contributed by atoms with E-state index >= 15 is 0 Å². The van der Waals surface area contributed by atoms with Gasteiger partial charge in [-0.25, -0.2) is 0 Å². The molecule has 5 aromatic carbocycles. The standard InChI is InChI=1S/C36H29NOSi/c1-39(2,3)31-16-12-24(13-17-31)25-8-9-27-21-28(11-10-26(27)20-25)30-14-18-34(37-23-30)29-15-19-36-33(22-29)32-6-4-5-7-35(32)38-36/h4-23H,1-3H3. The molecule has 7 rings (SSSR count). The summed E-state index contributed by atoms with van der Waals surface area (Å²) in [6.07, 6.45) is 1.97. The summed E-state index contributed by atoms with van der Waals surface area (Å²) >= 11 is 0. The molecule has 0 atom stereocenters. The highest BCUT2D eigenvalue weighted by Crippen LogP contribution is 2.33. The molecule has 0 radical (unpaired) electrons. The Morgan fingerprint density at radius 1 is 0.513 bits per heavy atom. The molecule has 0 unspecified atom stereocenters. The molecule has 0 bridgehead atoms. The van der Waals surface area contributed by atoms with Crippen molar-refractivity contribution in [1.29, 1.82) is 0 Å². The second-order valence-corrected chi connectivity index (χ2v) is 16.4. The maximum absolute atomic E-state index is 5.99. The third-order valence-corrected chi connectivity index (χ3v) is 9.76. The molecule has 0 amide bonds. The van der Waals surface area contributed by atoms with Gasteiger partial charge in [0.1, 0.15) is 11.2 Å². The molecule has 0 fully saturated rings. The molecule has 3 heteroatoms. The van der Waals surface area contributed by atoms with Crippen LogP contribution < -0.4 is 5.19 Å². The van der Waals surface area contributed by atoms with Crippen LogP contribution in [-0.4, -0.2) is 13.1 Å². The van der Waals surface area contributed by atoms with Gasteiger partial charge >= 0.3 is 0 Å². The quantitative estimate of drug-likeness (QED) is 0.216. The van der Waals surface area contributed by atoms with Gasteiger partial charge in [-0.3, -0.25) is 4.98 Å². The number of rotatable bonds is 4. The maximum Gasteiger partial charge on any atom is 0.135 e. The lowest BCUT2D eigenvalue weighted by molar-refractivity contribution is 0.669. The molecule has 0 spiro atoms. The summed E-state index contributed by atoms with van der Waals surface area (Å²) in [7, 11) is -1.29. The van der Waals surface area contributed by atoms with E-state index in [4.69, 9.17) is 9.40 Å². The van der Waals surface area contributed by atoms with Gasteiger partial charge in [0, 0.05) is 28.1 Å². The van der Waals surface area contributed by atoms with Gasteiger partial charge in [0.2, 0.25) is 0 Å². The smallest absolute Gasteiger partial charge is 0.135 e. The van der Waals surface area contributed by atoms with Crippen molar-refractivity contribution in [3.05, 3.63) is 121 Å². The number of furan rings is 1. The van der Waals surface area contributed by atoms with Crippen LogP contribution in [-0.2, 0) is 0 Å². The first-order valence-corrected chi connectivity index (χ1v) is 17.0. The Kier molecular flexibility index (Phi) is 5.50. The van der Waals surface area contributed by atoms with E-state index in [0.29, 0.717) is 0 Å². The summed E-state index contributed by atoms with van der Waals surface area (Å²) < 4.78 is 5.99. The fourth-order valence-electron chi connectivity index (χ4n) is 5.39. The number of hydrogen-bond acceptors (Lipinski definition) is 2. The van der Waals surface area contributed by atoms with Crippen LogP contribution >= 0.6 is 0 Å². The highest BCUT2D eigenvalue weighted by Gasteiger charge is 2.16. The van der Waals surface area contributed by atoms with Gasteiger partial charge in [-0.05, 0) is 69.9 Å². The van der Waals surface area contributed by atoms with Crippen LogP contribution in [0.5, 0.6) is 0 Å². The Balaban J connectivity index is 1.17. The van der Waals surface area contributed by atoms with Crippen LogP contribution in [0.4, 0.5) is 0 Å². The van der Waals surface area contributed by atoms with Crippen molar-refractivity contribution in [3.63, 3.8) is 0 Å². The number of fused-ring (bicyclic) bond motifs is 4. The molecule has 0 aliphatic rings. The van der Waals surface area contributed by atoms with Crippen molar-refractivity contribution in [2.45, 2.75) is 19.6 Å². The number of nitrogens with zero attached hydrogens (tertiary/aromatic N) is 1. The first-order valence-electron chi connectivity index (χ1n) is 13.5. The van der Waals surface area contributed by atoms with Crippen molar-refractivity contribution in [3.8, 4) is 33.5 Å². The first-order chi connectivity index (χ1) is 18.9. The SMILES string of the molecule is C[Si](C)(C)c1ccc(-c2ccc3cc(-c4ccc(-c5ccc6oc7ccccc7c6c5)nc4)ccc3c2)cc1. The Morgan fingerprint density at radius 3 is 1.82 bits per heavy atom. The van der Waals surface area contributed by atoms with Crippen LogP contribution in [0, 0.1) is 0 Å². The molecule has 0 aliphatic heterocycles. The predicted molar refractivity (Wildman–Crippen MR) is 168 cm³/mol. The Bertz CT molecular complexity index is 1980. The fraction of sp³-hybridized carbons (Fsp3) is 0.0833. The highest BCUT2D eigenvalue weighted by atomic mass is 28.3. The van der Waals surface area contributed by atoms with Crippen LogP contribution in [0.15, 0.2) is 126 Å². The van der Waals surface area contributed by atoms with Crippen molar-refractivity contribution < 1.29 is 4.42 Å². The number of benzene rings is 5. The largest absolute Gasteiger partial charge is 0.456 e. The molecular formula is C36H29NOSi. The van der Waals surface area contributed by atoms with Crippen molar-refractivity contribution in [2.75, 3.05) is 0 Å². The lowest BCUT2D eigenvalue weighted by Gasteiger charge is -2.17. The van der Waals surface area contributed by atoms with Crippen molar-refractivity contribution in [1.82, 2.24) is 4.98 Å². The minimum Gasteiger partial charge on any atom is -0.456 e. The van der Waals surface area contributed by atoms with Crippen LogP contribution in [0.25, 0.3) is 66.2 Å². The molecule has 0 aliphatic carbocycles. The molecule has 7 aromatic rings. The zero-order valence-corrected chi connectivity index (χ0v) is 23.4. The Morgan fingerprint density at radius 2 is 1.13 bits per heavy atom. The zero-order valence-electron chi connectivity index (χ0n) is 22.4. The van der Waals surface area contributed by atoms with Gasteiger partial charge in [-0.2, -0.15) is 0 Å². The molecule has 0 saturated carbocycles. The third-order valence-electron chi connectivity index (χ3n) is 7.69.